The van der Waals surface area contributed by atoms with Crippen LogP contribution in [0, 0.1) is 0 Å². The highest BCUT2D eigenvalue weighted by atomic mass is 32.2. The maximum atomic E-state index is 9.96. The summed E-state index contributed by atoms with van der Waals surface area (Å²) in [4.78, 5) is 0. The molecular formula is C7H9NO3S. The molecule has 0 saturated heterocycles. The summed E-state index contributed by atoms with van der Waals surface area (Å²) in [7, 11) is -2.76. The lowest BCUT2D eigenvalue weighted by Crippen LogP contribution is -2.04. The summed E-state index contributed by atoms with van der Waals surface area (Å²) in [5, 5.41) is 2.77. The SMILES string of the molecule is O=[SH](=O)OCNc1ccccc1. The van der Waals surface area contributed by atoms with Crippen LogP contribution in [-0.4, -0.2) is 15.1 Å². The molecule has 1 aromatic carbocycles. The van der Waals surface area contributed by atoms with Crippen LogP contribution < -0.4 is 5.32 Å². The molecule has 0 atom stereocenters. The molecule has 12 heavy (non-hydrogen) atoms. The lowest BCUT2D eigenvalue weighted by atomic mass is 10.3. The third kappa shape index (κ3) is 3.36. The predicted molar refractivity (Wildman–Crippen MR) is 46.3 cm³/mol. The Morgan fingerprint density at radius 1 is 1.25 bits per heavy atom. The van der Waals surface area contributed by atoms with Crippen LogP contribution in [-0.2, 0) is 15.2 Å². The maximum absolute atomic E-state index is 9.96. The van der Waals surface area contributed by atoms with Gasteiger partial charge in [0.2, 0.25) is 0 Å². The van der Waals surface area contributed by atoms with Gasteiger partial charge in [-0.15, -0.1) is 0 Å². The van der Waals surface area contributed by atoms with Crippen molar-refractivity contribution in [3.8, 4) is 0 Å². The third-order valence-electron chi connectivity index (χ3n) is 1.22. The molecule has 0 aliphatic carbocycles. The summed E-state index contributed by atoms with van der Waals surface area (Å²) < 4.78 is 24.2. The van der Waals surface area contributed by atoms with Crippen molar-refractivity contribution in [3.05, 3.63) is 30.3 Å². The molecule has 1 N–H and O–H groups in total. The Labute approximate surface area is 72.3 Å². The first-order chi connectivity index (χ1) is 5.79. The van der Waals surface area contributed by atoms with Gasteiger partial charge < -0.3 is 5.32 Å². The summed E-state index contributed by atoms with van der Waals surface area (Å²) in [6, 6.07) is 9.21. The second-order valence-electron chi connectivity index (χ2n) is 2.04. The first-order valence-corrected chi connectivity index (χ1v) is 4.45. The molecule has 0 unspecified atom stereocenters. The number of hydrogen-bond acceptors (Lipinski definition) is 4. The van der Waals surface area contributed by atoms with E-state index < -0.39 is 11.0 Å². The van der Waals surface area contributed by atoms with Crippen LogP contribution in [0.5, 0.6) is 0 Å². The number of rotatable bonds is 4. The number of para-hydroxylation sites is 1. The molecule has 0 aromatic heterocycles. The molecule has 66 valence electrons. The topological polar surface area (TPSA) is 55.4 Å². The molecule has 0 amide bonds. The molecule has 5 heteroatoms. The van der Waals surface area contributed by atoms with Gasteiger partial charge in [0.05, 0.1) is 0 Å². The maximum Gasteiger partial charge on any atom is 0.258 e. The lowest BCUT2D eigenvalue weighted by molar-refractivity contribution is 0.360. The van der Waals surface area contributed by atoms with Crippen LogP contribution in [0.2, 0.25) is 0 Å². The van der Waals surface area contributed by atoms with Crippen LogP contribution in [0.4, 0.5) is 5.69 Å². The van der Waals surface area contributed by atoms with Crippen LogP contribution in [0.15, 0.2) is 30.3 Å². The van der Waals surface area contributed by atoms with Gasteiger partial charge in [-0.25, -0.2) is 8.42 Å². The van der Waals surface area contributed by atoms with Crippen LogP contribution in [0.3, 0.4) is 0 Å². The average molecular weight is 187 g/mol. The van der Waals surface area contributed by atoms with Crippen molar-refractivity contribution in [2.45, 2.75) is 0 Å². The van der Waals surface area contributed by atoms with Crippen LogP contribution >= 0.6 is 0 Å². The quantitative estimate of drug-likeness (QED) is 0.535. The second kappa shape index (κ2) is 4.74. The molecule has 0 aliphatic rings. The molecule has 0 radical (unpaired) electrons. The van der Waals surface area contributed by atoms with Crippen molar-refractivity contribution < 1.29 is 12.6 Å². The highest BCUT2D eigenvalue weighted by molar-refractivity contribution is 7.67. The molecule has 0 saturated carbocycles. The van der Waals surface area contributed by atoms with Gasteiger partial charge in [-0.05, 0) is 12.1 Å². The standard InChI is InChI=1S/C7H9NO3S/c9-12(10)11-6-8-7-4-2-1-3-5-7/h1-5,8,12H,6H2. The molecule has 0 spiro atoms. The highest BCUT2D eigenvalue weighted by Crippen LogP contribution is 2.03. The van der Waals surface area contributed by atoms with Crippen molar-refractivity contribution in [3.63, 3.8) is 0 Å². The summed E-state index contributed by atoms with van der Waals surface area (Å²) in [6.07, 6.45) is 0. The minimum atomic E-state index is -2.76. The van der Waals surface area contributed by atoms with Gasteiger partial charge in [-0.1, -0.05) is 18.2 Å². The van der Waals surface area contributed by atoms with E-state index in [2.05, 4.69) is 9.50 Å². The van der Waals surface area contributed by atoms with Gasteiger partial charge in [0, 0.05) is 5.69 Å². The Morgan fingerprint density at radius 3 is 2.50 bits per heavy atom. The van der Waals surface area contributed by atoms with E-state index in [1.54, 1.807) is 0 Å². The normalized spacial score (nSPS) is 10.1. The van der Waals surface area contributed by atoms with E-state index in [0.29, 0.717) is 0 Å². The fourth-order valence-electron chi connectivity index (χ4n) is 0.724. The van der Waals surface area contributed by atoms with Crippen molar-refractivity contribution in [1.82, 2.24) is 0 Å². The van der Waals surface area contributed by atoms with E-state index in [0.717, 1.165) is 5.69 Å². The Morgan fingerprint density at radius 2 is 1.92 bits per heavy atom. The largest absolute Gasteiger partial charge is 0.362 e. The van der Waals surface area contributed by atoms with Gasteiger partial charge in [0.25, 0.3) is 11.0 Å². The van der Waals surface area contributed by atoms with Crippen molar-refractivity contribution in [2.75, 3.05) is 12.0 Å². The van der Waals surface area contributed by atoms with Crippen LogP contribution in [0.25, 0.3) is 0 Å². The van der Waals surface area contributed by atoms with Gasteiger partial charge in [-0.3, -0.25) is 4.18 Å². The number of thiol groups is 1. The Hall–Kier alpha value is -1.07. The van der Waals surface area contributed by atoms with Gasteiger partial charge in [-0.2, -0.15) is 0 Å². The number of benzene rings is 1. The van der Waals surface area contributed by atoms with E-state index >= 15 is 0 Å². The first-order valence-electron chi connectivity index (χ1n) is 3.35. The molecule has 0 heterocycles. The van der Waals surface area contributed by atoms with Gasteiger partial charge >= 0.3 is 0 Å². The lowest BCUT2D eigenvalue weighted by Gasteiger charge is -2.01. The summed E-state index contributed by atoms with van der Waals surface area (Å²) >= 11 is 0. The number of hydrogen-bond donors (Lipinski definition) is 2. The monoisotopic (exact) mass is 187 g/mol. The summed E-state index contributed by atoms with van der Waals surface area (Å²) in [5.74, 6) is 0. The zero-order chi connectivity index (χ0) is 8.81. The second-order valence-corrected chi connectivity index (χ2v) is 2.75. The zero-order valence-corrected chi connectivity index (χ0v) is 7.16. The Balaban J connectivity index is 2.34. The number of nitrogens with one attached hydrogen (secondary N) is 1. The van der Waals surface area contributed by atoms with E-state index in [4.69, 9.17) is 0 Å². The molecular weight excluding hydrogens is 178 g/mol. The zero-order valence-electron chi connectivity index (χ0n) is 6.27. The van der Waals surface area contributed by atoms with Crippen molar-refractivity contribution >= 4 is 16.7 Å². The molecule has 0 fully saturated rings. The molecule has 0 aliphatic heterocycles. The van der Waals surface area contributed by atoms with Crippen molar-refractivity contribution in [1.29, 1.82) is 0 Å². The fraction of sp³-hybridized carbons (Fsp3) is 0.143. The van der Waals surface area contributed by atoms with Crippen molar-refractivity contribution in [2.24, 2.45) is 0 Å². The van der Waals surface area contributed by atoms with E-state index in [9.17, 15) is 8.42 Å². The molecule has 4 nitrogen and oxygen atoms in total. The summed E-state index contributed by atoms with van der Waals surface area (Å²) in [6.45, 7) is -0.0251. The van der Waals surface area contributed by atoms with E-state index in [-0.39, 0.29) is 6.73 Å². The van der Waals surface area contributed by atoms with E-state index in [1.807, 2.05) is 30.3 Å². The third-order valence-corrected chi connectivity index (χ3v) is 1.56. The van der Waals surface area contributed by atoms with Gasteiger partial charge in [0.15, 0.2) is 0 Å². The smallest absolute Gasteiger partial charge is 0.258 e. The average Bonchev–Trinajstić information content (AvgIpc) is 2.05. The van der Waals surface area contributed by atoms with E-state index in [1.165, 1.54) is 0 Å². The molecule has 1 rings (SSSR count). The predicted octanol–water partition coefficient (Wildman–Crippen LogP) is 0.599. The Bertz CT molecular complexity index is 289. The minimum absolute atomic E-state index is 0.0251. The molecule has 0 bridgehead atoms. The Kier molecular flexibility index (Phi) is 3.56. The fourth-order valence-corrected chi connectivity index (χ4v) is 0.894. The highest BCUT2D eigenvalue weighted by Gasteiger charge is 1.88. The number of anilines is 1. The summed E-state index contributed by atoms with van der Waals surface area (Å²) in [5.41, 5.74) is 0.828. The minimum Gasteiger partial charge on any atom is -0.362 e. The van der Waals surface area contributed by atoms with Crippen LogP contribution in [0.1, 0.15) is 0 Å². The van der Waals surface area contributed by atoms with Gasteiger partial charge in [0.1, 0.15) is 6.73 Å². The first kappa shape index (κ1) is 9.02. The molecule has 1 aromatic rings.